The normalized spacial score (nSPS) is 23.6. The first-order chi connectivity index (χ1) is 8.61. The van der Waals surface area contributed by atoms with E-state index < -0.39 is 17.5 Å². The second kappa shape index (κ2) is 5.71. The van der Waals surface area contributed by atoms with Crippen molar-refractivity contribution in [3.8, 4) is 0 Å². The lowest BCUT2D eigenvalue weighted by atomic mass is 10.1. The topological polar surface area (TPSA) is 21.3 Å². The summed E-state index contributed by atoms with van der Waals surface area (Å²) in [6, 6.07) is 1.62. The van der Waals surface area contributed by atoms with Crippen LogP contribution in [0.15, 0.2) is 12.1 Å². The van der Waals surface area contributed by atoms with Crippen molar-refractivity contribution < 1.29 is 17.9 Å². The summed E-state index contributed by atoms with van der Waals surface area (Å²) in [5.74, 6) is -2.91. The van der Waals surface area contributed by atoms with Crippen LogP contribution in [0.5, 0.6) is 0 Å². The van der Waals surface area contributed by atoms with Crippen LogP contribution >= 0.6 is 0 Å². The number of nitrogens with one attached hydrogen (secondary N) is 1. The first-order valence-electron chi connectivity index (χ1n) is 6.01. The van der Waals surface area contributed by atoms with E-state index in [1.54, 1.807) is 7.11 Å². The zero-order valence-electron chi connectivity index (χ0n) is 10.2. The highest BCUT2D eigenvalue weighted by Gasteiger charge is 2.26. The quantitative estimate of drug-likeness (QED) is 0.839. The van der Waals surface area contributed by atoms with Crippen molar-refractivity contribution in [1.82, 2.24) is 5.32 Å². The molecule has 0 aromatic heterocycles. The lowest BCUT2D eigenvalue weighted by Crippen LogP contribution is -2.36. The number of hydrogen-bond donors (Lipinski definition) is 1. The molecule has 2 nitrogen and oxygen atoms in total. The molecule has 0 bridgehead atoms. The second-order valence-corrected chi connectivity index (χ2v) is 4.55. The van der Waals surface area contributed by atoms with E-state index in [1.165, 1.54) is 0 Å². The smallest absolute Gasteiger partial charge is 0.161 e. The average molecular weight is 259 g/mol. The molecule has 1 fully saturated rings. The Labute approximate surface area is 104 Å². The molecule has 1 aliphatic rings. The van der Waals surface area contributed by atoms with E-state index in [1.807, 2.05) is 0 Å². The molecule has 100 valence electrons. The molecule has 18 heavy (non-hydrogen) atoms. The lowest BCUT2D eigenvalue weighted by molar-refractivity contribution is 0.0846. The van der Waals surface area contributed by atoms with Crippen molar-refractivity contribution in [2.45, 2.75) is 38.0 Å². The minimum Gasteiger partial charge on any atom is -0.380 e. The van der Waals surface area contributed by atoms with Gasteiger partial charge in [-0.05, 0) is 25.3 Å². The molecule has 2 unspecified atom stereocenters. The van der Waals surface area contributed by atoms with Crippen molar-refractivity contribution in [1.29, 1.82) is 0 Å². The zero-order valence-corrected chi connectivity index (χ0v) is 10.2. The lowest BCUT2D eigenvalue weighted by Gasteiger charge is -2.19. The molecule has 0 spiro atoms. The third-order valence-electron chi connectivity index (χ3n) is 3.40. The molecule has 1 saturated carbocycles. The van der Waals surface area contributed by atoms with Gasteiger partial charge in [-0.25, -0.2) is 13.2 Å². The van der Waals surface area contributed by atoms with Gasteiger partial charge in [0.25, 0.3) is 0 Å². The molecular weight excluding hydrogens is 243 g/mol. The van der Waals surface area contributed by atoms with E-state index >= 15 is 0 Å². The van der Waals surface area contributed by atoms with Crippen molar-refractivity contribution in [3.63, 3.8) is 0 Å². The molecule has 0 radical (unpaired) electrons. The first kappa shape index (κ1) is 13.4. The predicted octanol–water partition coefficient (Wildman–Crippen LogP) is 2.76. The number of ether oxygens (including phenoxy) is 1. The summed E-state index contributed by atoms with van der Waals surface area (Å²) in [5, 5.41) is 3.13. The minimum atomic E-state index is -1.16. The molecule has 1 aromatic carbocycles. The maximum atomic E-state index is 13.4. The second-order valence-electron chi connectivity index (χ2n) is 4.55. The van der Waals surface area contributed by atoms with E-state index in [4.69, 9.17) is 4.74 Å². The summed E-state index contributed by atoms with van der Waals surface area (Å²) in [5.41, 5.74) is 0.135. The average Bonchev–Trinajstić information content (AvgIpc) is 2.79. The van der Waals surface area contributed by atoms with Gasteiger partial charge >= 0.3 is 0 Å². The third kappa shape index (κ3) is 2.84. The van der Waals surface area contributed by atoms with Gasteiger partial charge in [0.2, 0.25) is 0 Å². The van der Waals surface area contributed by atoms with Crippen LogP contribution in [-0.2, 0) is 11.3 Å². The van der Waals surface area contributed by atoms with Crippen LogP contribution in [0.1, 0.15) is 24.8 Å². The molecule has 0 heterocycles. The molecule has 1 N–H and O–H groups in total. The Bertz CT molecular complexity index is 425. The van der Waals surface area contributed by atoms with Gasteiger partial charge in [-0.1, -0.05) is 0 Å². The predicted molar refractivity (Wildman–Crippen MR) is 61.6 cm³/mol. The standard InChI is InChI=1S/C13H16F3NO/c1-18-13-4-2-3-12(13)17-7-8-5-10(15)11(16)6-9(8)14/h5-6,12-13,17H,2-4,7H2,1H3. The van der Waals surface area contributed by atoms with Crippen molar-refractivity contribution in [2.24, 2.45) is 0 Å². The molecule has 1 aromatic rings. The van der Waals surface area contributed by atoms with Crippen LogP contribution in [0.4, 0.5) is 13.2 Å². The summed E-state index contributed by atoms with van der Waals surface area (Å²) >= 11 is 0. The van der Waals surface area contributed by atoms with Crippen LogP contribution in [-0.4, -0.2) is 19.3 Å². The maximum absolute atomic E-state index is 13.4. The highest BCUT2D eigenvalue weighted by atomic mass is 19.2. The molecule has 1 aliphatic carbocycles. The Hall–Kier alpha value is -1.07. The number of hydrogen-bond acceptors (Lipinski definition) is 2. The van der Waals surface area contributed by atoms with Gasteiger partial charge in [-0.2, -0.15) is 0 Å². The zero-order chi connectivity index (χ0) is 13.1. The first-order valence-corrected chi connectivity index (χ1v) is 6.01. The van der Waals surface area contributed by atoms with Crippen molar-refractivity contribution in [2.75, 3.05) is 7.11 Å². The number of rotatable bonds is 4. The number of halogens is 3. The fourth-order valence-electron chi connectivity index (χ4n) is 2.38. The van der Waals surface area contributed by atoms with Gasteiger partial charge in [-0.15, -0.1) is 0 Å². The molecular formula is C13H16F3NO. The Morgan fingerprint density at radius 2 is 1.89 bits per heavy atom. The fraction of sp³-hybridized carbons (Fsp3) is 0.538. The highest BCUT2D eigenvalue weighted by molar-refractivity contribution is 5.20. The maximum Gasteiger partial charge on any atom is 0.161 e. The summed E-state index contributed by atoms with van der Waals surface area (Å²) in [4.78, 5) is 0. The molecule has 2 atom stereocenters. The SMILES string of the molecule is COC1CCCC1NCc1cc(F)c(F)cc1F. The van der Waals surface area contributed by atoms with E-state index in [-0.39, 0.29) is 24.3 Å². The molecule has 0 amide bonds. The van der Waals surface area contributed by atoms with E-state index in [9.17, 15) is 13.2 Å². The Morgan fingerprint density at radius 1 is 1.17 bits per heavy atom. The largest absolute Gasteiger partial charge is 0.380 e. The summed E-state index contributed by atoms with van der Waals surface area (Å²) < 4.78 is 44.5. The Morgan fingerprint density at radius 3 is 2.61 bits per heavy atom. The van der Waals surface area contributed by atoms with Gasteiger partial charge in [-0.3, -0.25) is 0 Å². The molecule has 0 saturated heterocycles. The van der Waals surface area contributed by atoms with Crippen molar-refractivity contribution >= 4 is 0 Å². The number of methoxy groups -OCH3 is 1. The highest BCUT2D eigenvalue weighted by Crippen LogP contribution is 2.22. The van der Waals surface area contributed by atoms with E-state index in [0.717, 1.165) is 25.3 Å². The van der Waals surface area contributed by atoms with Gasteiger partial charge < -0.3 is 10.1 Å². The van der Waals surface area contributed by atoms with E-state index in [0.29, 0.717) is 6.07 Å². The van der Waals surface area contributed by atoms with Crippen LogP contribution in [0.3, 0.4) is 0 Å². The van der Waals surface area contributed by atoms with E-state index in [2.05, 4.69) is 5.32 Å². The summed E-state index contributed by atoms with van der Waals surface area (Å²) in [6.45, 7) is 0.174. The van der Waals surface area contributed by atoms with Crippen LogP contribution in [0, 0.1) is 17.5 Å². The third-order valence-corrected chi connectivity index (χ3v) is 3.40. The monoisotopic (exact) mass is 259 g/mol. The summed E-state index contributed by atoms with van der Waals surface area (Å²) in [6.07, 6.45) is 3.08. The minimum absolute atomic E-state index is 0.110. The molecule has 0 aliphatic heterocycles. The molecule has 2 rings (SSSR count). The fourth-order valence-corrected chi connectivity index (χ4v) is 2.38. The Balaban J connectivity index is 2.00. The van der Waals surface area contributed by atoms with Gasteiger partial charge in [0.05, 0.1) is 6.10 Å². The van der Waals surface area contributed by atoms with Crippen LogP contribution < -0.4 is 5.32 Å². The van der Waals surface area contributed by atoms with Gasteiger partial charge in [0.1, 0.15) is 5.82 Å². The van der Waals surface area contributed by atoms with Crippen LogP contribution in [0.25, 0.3) is 0 Å². The van der Waals surface area contributed by atoms with Crippen LogP contribution in [0.2, 0.25) is 0 Å². The Kier molecular flexibility index (Phi) is 4.24. The van der Waals surface area contributed by atoms with Crippen molar-refractivity contribution in [3.05, 3.63) is 35.1 Å². The number of benzene rings is 1. The molecule has 5 heteroatoms. The van der Waals surface area contributed by atoms with Gasteiger partial charge in [0.15, 0.2) is 11.6 Å². The summed E-state index contributed by atoms with van der Waals surface area (Å²) in [7, 11) is 1.64. The van der Waals surface area contributed by atoms with Gasteiger partial charge in [0, 0.05) is 31.3 Å².